The second-order valence-corrected chi connectivity index (χ2v) is 5.73. The highest BCUT2D eigenvalue weighted by Crippen LogP contribution is 2.24. The largest absolute Gasteiger partial charge is 0.445 e. The van der Waals surface area contributed by atoms with Crippen LogP contribution >= 0.6 is 0 Å². The van der Waals surface area contributed by atoms with Crippen molar-refractivity contribution in [3.05, 3.63) is 35.9 Å². The molecule has 2 N–H and O–H groups in total. The molecule has 0 aliphatic heterocycles. The Morgan fingerprint density at radius 3 is 2.48 bits per heavy atom. The van der Waals surface area contributed by atoms with Crippen molar-refractivity contribution in [2.45, 2.75) is 38.3 Å². The van der Waals surface area contributed by atoms with E-state index in [2.05, 4.69) is 10.6 Å². The van der Waals surface area contributed by atoms with Crippen LogP contribution in [0.4, 0.5) is 4.79 Å². The SMILES string of the molecule is COCNC(=O)C1CCC(NC(=O)OCc2ccccc2)CC1. The van der Waals surface area contributed by atoms with Crippen LogP contribution in [0.5, 0.6) is 0 Å². The van der Waals surface area contributed by atoms with Crippen molar-refractivity contribution in [2.24, 2.45) is 5.92 Å². The van der Waals surface area contributed by atoms with Gasteiger partial charge in [0.25, 0.3) is 0 Å². The minimum absolute atomic E-state index is 0.00328. The van der Waals surface area contributed by atoms with E-state index in [9.17, 15) is 9.59 Å². The third-order valence-electron chi connectivity index (χ3n) is 4.02. The molecule has 0 aromatic heterocycles. The molecule has 0 saturated heterocycles. The van der Waals surface area contributed by atoms with E-state index in [-0.39, 0.29) is 31.2 Å². The number of hydrogen-bond donors (Lipinski definition) is 2. The average molecular weight is 320 g/mol. The normalized spacial score (nSPS) is 20.6. The lowest BCUT2D eigenvalue weighted by molar-refractivity contribution is -0.127. The second-order valence-electron chi connectivity index (χ2n) is 5.73. The average Bonchev–Trinajstić information content (AvgIpc) is 2.59. The molecule has 1 fully saturated rings. The van der Waals surface area contributed by atoms with Gasteiger partial charge in [0.2, 0.25) is 5.91 Å². The highest BCUT2D eigenvalue weighted by molar-refractivity contribution is 5.78. The van der Waals surface area contributed by atoms with E-state index >= 15 is 0 Å². The third-order valence-corrected chi connectivity index (χ3v) is 4.02. The summed E-state index contributed by atoms with van der Waals surface area (Å²) in [7, 11) is 1.54. The third kappa shape index (κ3) is 5.90. The fraction of sp³-hybridized carbons (Fsp3) is 0.529. The zero-order chi connectivity index (χ0) is 16.5. The number of alkyl carbamates (subject to hydrolysis) is 1. The Balaban J connectivity index is 1.65. The van der Waals surface area contributed by atoms with E-state index in [1.54, 1.807) is 7.11 Å². The van der Waals surface area contributed by atoms with Crippen LogP contribution in [-0.4, -0.2) is 31.9 Å². The lowest BCUT2D eigenvalue weighted by Gasteiger charge is -2.28. The topological polar surface area (TPSA) is 76.7 Å². The van der Waals surface area contributed by atoms with Crippen molar-refractivity contribution in [2.75, 3.05) is 13.8 Å². The van der Waals surface area contributed by atoms with Gasteiger partial charge in [-0.3, -0.25) is 4.79 Å². The summed E-state index contributed by atoms with van der Waals surface area (Å²) in [6.45, 7) is 0.504. The van der Waals surface area contributed by atoms with Gasteiger partial charge in [-0.1, -0.05) is 30.3 Å². The van der Waals surface area contributed by atoms with E-state index in [1.165, 1.54) is 0 Å². The lowest BCUT2D eigenvalue weighted by atomic mass is 9.85. The first-order valence-electron chi connectivity index (χ1n) is 7.93. The number of methoxy groups -OCH3 is 1. The van der Waals surface area contributed by atoms with Gasteiger partial charge in [-0.05, 0) is 31.2 Å². The Morgan fingerprint density at radius 1 is 1.13 bits per heavy atom. The van der Waals surface area contributed by atoms with E-state index in [4.69, 9.17) is 9.47 Å². The Bertz CT molecular complexity index is 499. The van der Waals surface area contributed by atoms with Gasteiger partial charge in [0.05, 0.1) is 0 Å². The molecular formula is C17H24N2O4. The number of amides is 2. The van der Waals surface area contributed by atoms with Gasteiger partial charge in [0.1, 0.15) is 13.3 Å². The zero-order valence-corrected chi connectivity index (χ0v) is 13.4. The fourth-order valence-electron chi connectivity index (χ4n) is 2.72. The van der Waals surface area contributed by atoms with E-state index < -0.39 is 6.09 Å². The monoisotopic (exact) mass is 320 g/mol. The summed E-state index contributed by atoms with van der Waals surface area (Å²) in [5.74, 6) is 0.0282. The predicted molar refractivity (Wildman–Crippen MR) is 85.5 cm³/mol. The molecule has 1 aromatic carbocycles. The molecule has 1 aliphatic carbocycles. The number of benzene rings is 1. The molecule has 0 radical (unpaired) electrons. The molecule has 0 unspecified atom stereocenters. The molecular weight excluding hydrogens is 296 g/mol. The molecule has 1 aliphatic rings. The van der Waals surface area contributed by atoms with Gasteiger partial charge >= 0.3 is 6.09 Å². The summed E-state index contributed by atoms with van der Waals surface area (Å²) in [6.07, 6.45) is 2.69. The van der Waals surface area contributed by atoms with Crippen molar-refractivity contribution >= 4 is 12.0 Å². The van der Waals surface area contributed by atoms with Gasteiger partial charge in [-0.25, -0.2) is 4.79 Å². The Hall–Kier alpha value is -2.08. The maximum atomic E-state index is 11.8. The van der Waals surface area contributed by atoms with Crippen LogP contribution in [-0.2, 0) is 20.9 Å². The highest BCUT2D eigenvalue weighted by atomic mass is 16.5. The Morgan fingerprint density at radius 2 is 1.83 bits per heavy atom. The molecule has 6 heteroatoms. The first kappa shape index (κ1) is 17.3. The molecule has 2 rings (SSSR count). The summed E-state index contributed by atoms with van der Waals surface area (Å²) in [5.41, 5.74) is 0.959. The van der Waals surface area contributed by atoms with E-state index in [0.29, 0.717) is 0 Å². The Labute approximate surface area is 136 Å². The molecule has 0 atom stereocenters. The summed E-state index contributed by atoms with van der Waals surface area (Å²) >= 11 is 0. The summed E-state index contributed by atoms with van der Waals surface area (Å²) in [6, 6.07) is 9.64. The molecule has 0 spiro atoms. The first-order valence-corrected chi connectivity index (χ1v) is 7.93. The number of nitrogens with one attached hydrogen (secondary N) is 2. The number of ether oxygens (including phenoxy) is 2. The standard InChI is InChI=1S/C17H24N2O4/c1-22-12-18-16(20)14-7-9-15(10-8-14)19-17(21)23-11-13-5-3-2-4-6-13/h2-6,14-15H,7-12H2,1H3,(H,18,20)(H,19,21). The molecule has 2 amide bonds. The van der Waals surface area contributed by atoms with E-state index in [0.717, 1.165) is 31.2 Å². The predicted octanol–water partition coefficient (Wildman–Crippen LogP) is 2.19. The number of carbonyl (C=O) groups excluding carboxylic acids is 2. The minimum atomic E-state index is -0.402. The van der Waals surface area contributed by atoms with Crippen LogP contribution in [0.1, 0.15) is 31.2 Å². The van der Waals surface area contributed by atoms with Gasteiger partial charge in [-0.2, -0.15) is 0 Å². The van der Waals surface area contributed by atoms with Crippen LogP contribution in [0.2, 0.25) is 0 Å². The first-order chi connectivity index (χ1) is 11.2. The van der Waals surface area contributed by atoms with Crippen molar-refractivity contribution in [1.29, 1.82) is 0 Å². The van der Waals surface area contributed by atoms with Crippen LogP contribution in [0, 0.1) is 5.92 Å². The molecule has 1 aromatic rings. The molecule has 23 heavy (non-hydrogen) atoms. The molecule has 126 valence electrons. The van der Waals surface area contributed by atoms with Gasteiger partial charge in [0.15, 0.2) is 0 Å². The van der Waals surface area contributed by atoms with Gasteiger partial charge in [0, 0.05) is 19.1 Å². The van der Waals surface area contributed by atoms with Gasteiger partial charge < -0.3 is 20.1 Å². The molecule has 1 saturated carbocycles. The fourth-order valence-corrected chi connectivity index (χ4v) is 2.72. The van der Waals surface area contributed by atoms with Crippen molar-refractivity contribution in [3.8, 4) is 0 Å². The minimum Gasteiger partial charge on any atom is -0.445 e. The Kier molecular flexibility index (Phi) is 6.87. The number of rotatable bonds is 6. The molecule has 0 heterocycles. The maximum absolute atomic E-state index is 11.8. The van der Waals surface area contributed by atoms with Crippen LogP contribution in [0.25, 0.3) is 0 Å². The zero-order valence-electron chi connectivity index (χ0n) is 13.4. The lowest BCUT2D eigenvalue weighted by Crippen LogP contribution is -2.41. The van der Waals surface area contributed by atoms with Gasteiger partial charge in [-0.15, -0.1) is 0 Å². The van der Waals surface area contributed by atoms with Crippen LogP contribution in [0.3, 0.4) is 0 Å². The van der Waals surface area contributed by atoms with Crippen molar-refractivity contribution < 1.29 is 19.1 Å². The van der Waals surface area contributed by atoms with Crippen LogP contribution < -0.4 is 10.6 Å². The molecule has 0 bridgehead atoms. The highest BCUT2D eigenvalue weighted by Gasteiger charge is 2.27. The second kappa shape index (κ2) is 9.15. The quantitative estimate of drug-likeness (QED) is 0.788. The summed E-state index contributed by atoms with van der Waals surface area (Å²) in [4.78, 5) is 23.7. The number of hydrogen-bond acceptors (Lipinski definition) is 4. The smallest absolute Gasteiger partial charge is 0.407 e. The molecule has 6 nitrogen and oxygen atoms in total. The number of carbonyl (C=O) groups is 2. The summed E-state index contributed by atoms with van der Waals surface area (Å²) < 4.78 is 10.0. The van der Waals surface area contributed by atoms with Crippen molar-refractivity contribution in [1.82, 2.24) is 10.6 Å². The summed E-state index contributed by atoms with van der Waals surface area (Å²) in [5, 5.41) is 5.60. The maximum Gasteiger partial charge on any atom is 0.407 e. The van der Waals surface area contributed by atoms with E-state index in [1.807, 2.05) is 30.3 Å². The van der Waals surface area contributed by atoms with Crippen LogP contribution in [0.15, 0.2) is 30.3 Å². The van der Waals surface area contributed by atoms with Crippen molar-refractivity contribution in [3.63, 3.8) is 0 Å².